The Morgan fingerprint density at radius 2 is 2.25 bits per heavy atom. The van der Waals surface area contributed by atoms with Crippen LogP contribution in [0.25, 0.3) is 0 Å². The lowest BCUT2D eigenvalue weighted by Gasteiger charge is -2.30. The molecule has 1 fully saturated rings. The van der Waals surface area contributed by atoms with Crippen molar-refractivity contribution in [2.24, 2.45) is 5.84 Å². The summed E-state index contributed by atoms with van der Waals surface area (Å²) in [4.78, 5) is 0. The molecule has 0 aromatic heterocycles. The Balaban J connectivity index is 2.74. The molecule has 1 rings (SSSR count). The first-order valence-electron chi connectivity index (χ1n) is 5.85. The van der Waals surface area contributed by atoms with Crippen molar-refractivity contribution in [1.29, 1.82) is 0 Å². The summed E-state index contributed by atoms with van der Waals surface area (Å²) in [5.41, 5.74) is 3.70. The highest BCUT2D eigenvalue weighted by molar-refractivity contribution is 7.92. The molecule has 1 heterocycles. The third-order valence-electron chi connectivity index (χ3n) is 3.30. The maximum Gasteiger partial charge on any atom is 0.154 e. The Hall–Kier alpha value is -0.390. The zero-order valence-electron chi connectivity index (χ0n) is 9.91. The zero-order chi connectivity index (χ0) is 12.2. The molecule has 1 aliphatic rings. The lowest BCUT2D eigenvalue weighted by Crippen LogP contribution is -2.49. The Labute approximate surface area is 98.2 Å². The predicted molar refractivity (Wildman–Crippen MR) is 66.6 cm³/mol. The summed E-state index contributed by atoms with van der Waals surface area (Å²) in [6.45, 7) is 5.93. The molecule has 1 saturated heterocycles. The number of nitrogens with one attached hydrogen (secondary N) is 1. The molecule has 0 amide bonds. The maximum absolute atomic E-state index is 11.9. The molecule has 4 nitrogen and oxygen atoms in total. The zero-order valence-corrected chi connectivity index (χ0v) is 10.7. The molecule has 0 saturated carbocycles. The van der Waals surface area contributed by atoms with Crippen LogP contribution in [-0.2, 0) is 9.84 Å². The SMILES string of the molecule is C=C(CC)CC(NN)C1CCCCS1(=O)=O. The van der Waals surface area contributed by atoms with E-state index in [1.54, 1.807) is 0 Å². The van der Waals surface area contributed by atoms with Gasteiger partial charge >= 0.3 is 0 Å². The topological polar surface area (TPSA) is 72.2 Å². The van der Waals surface area contributed by atoms with Crippen molar-refractivity contribution in [2.75, 3.05) is 5.75 Å². The number of hydrazine groups is 1. The molecule has 2 atom stereocenters. The monoisotopic (exact) mass is 246 g/mol. The van der Waals surface area contributed by atoms with Gasteiger partial charge in [-0.25, -0.2) is 8.42 Å². The fourth-order valence-electron chi connectivity index (χ4n) is 2.18. The van der Waals surface area contributed by atoms with Crippen LogP contribution in [0.1, 0.15) is 39.0 Å². The molecule has 2 unspecified atom stereocenters. The Kier molecular flexibility index (Phi) is 4.95. The van der Waals surface area contributed by atoms with Crippen LogP contribution in [0, 0.1) is 0 Å². The van der Waals surface area contributed by atoms with Crippen LogP contribution in [0.15, 0.2) is 12.2 Å². The first kappa shape index (κ1) is 13.7. The number of nitrogens with two attached hydrogens (primary N) is 1. The van der Waals surface area contributed by atoms with Crippen LogP contribution < -0.4 is 11.3 Å². The summed E-state index contributed by atoms with van der Waals surface area (Å²) in [6.07, 6.45) is 3.99. The summed E-state index contributed by atoms with van der Waals surface area (Å²) in [5.74, 6) is 5.77. The van der Waals surface area contributed by atoms with E-state index in [1.165, 1.54) is 0 Å². The van der Waals surface area contributed by atoms with Crippen molar-refractivity contribution >= 4 is 9.84 Å². The fourth-order valence-corrected chi connectivity index (χ4v) is 4.29. The first-order chi connectivity index (χ1) is 7.51. The van der Waals surface area contributed by atoms with Crippen LogP contribution in [0.3, 0.4) is 0 Å². The van der Waals surface area contributed by atoms with Crippen LogP contribution >= 0.6 is 0 Å². The Morgan fingerprint density at radius 1 is 1.56 bits per heavy atom. The van der Waals surface area contributed by atoms with Gasteiger partial charge in [0.2, 0.25) is 0 Å². The number of rotatable bonds is 5. The summed E-state index contributed by atoms with van der Waals surface area (Å²) in [5, 5.41) is -0.338. The van der Waals surface area contributed by atoms with E-state index in [0.29, 0.717) is 18.6 Å². The second-order valence-electron chi connectivity index (χ2n) is 4.48. The van der Waals surface area contributed by atoms with Crippen molar-refractivity contribution in [1.82, 2.24) is 5.43 Å². The lowest BCUT2D eigenvalue weighted by atomic mass is 10.00. The third-order valence-corrected chi connectivity index (χ3v) is 5.64. The Morgan fingerprint density at radius 3 is 2.75 bits per heavy atom. The second-order valence-corrected chi connectivity index (χ2v) is 6.82. The van der Waals surface area contributed by atoms with Gasteiger partial charge in [0, 0.05) is 6.04 Å². The smallest absolute Gasteiger partial charge is 0.154 e. The average Bonchev–Trinajstić information content (AvgIpc) is 2.25. The molecule has 0 aromatic carbocycles. The van der Waals surface area contributed by atoms with E-state index in [0.717, 1.165) is 24.8 Å². The number of hydrogen-bond donors (Lipinski definition) is 2. The highest BCUT2D eigenvalue weighted by Crippen LogP contribution is 2.25. The van der Waals surface area contributed by atoms with E-state index in [2.05, 4.69) is 12.0 Å². The van der Waals surface area contributed by atoms with Gasteiger partial charge in [0.25, 0.3) is 0 Å². The van der Waals surface area contributed by atoms with Gasteiger partial charge in [-0.15, -0.1) is 0 Å². The van der Waals surface area contributed by atoms with Gasteiger partial charge in [-0.3, -0.25) is 11.3 Å². The minimum absolute atomic E-state index is 0.183. The molecule has 5 heteroatoms. The minimum Gasteiger partial charge on any atom is -0.271 e. The summed E-state index contributed by atoms with van der Waals surface area (Å²) >= 11 is 0. The molecule has 0 aromatic rings. The van der Waals surface area contributed by atoms with E-state index >= 15 is 0 Å². The molecular formula is C11H22N2O2S. The summed E-state index contributed by atoms with van der Waals surface area (Å²) in [7, 11) is -2.97. The van der Waals surface area contributed by atoms with E-state index in [4.69, 9.17) is 5.84 Å². The van der Waals surface area contributed by atoms with Gasteiger partial charge in [0.05, 0.1) is 11.0 Å². The normalized spacial score (nSPS) is 26.2. The molecule has 0 radical (unpaired) electrons. The van der Waals surface area contributed by atoms with E-state index in [-0.39, 0.29) is 11.3 Å². The highest BCUT2D eigenvalue weighted by Gasteiger charge is 2.34. The largest absolute Gasteiger partial charge is 0.271 e. The first-order valence-corrected chi connectivity index (χ1v) is 7.57. The van der Waals surface area contributed by atoms with E-state index < -0.39 is 9.84 Å². The van der Waals surface area contributed by atoms with Crippen molar-refractivity contribution in [3.8, 4) is 0 Å². The highest BCUT2D eigenvalue weighted by atomic mass is 32.2. The number of hydrogen-bond acceptors (Lipinski definition) is 4. The van der Waals surface area contributed by atoms with Crippen LogP contribution in [0.5, 0.6) is 0 Å². The molecule has 16 heavy (non-hydrogen) atoms. The van der Waals surface area contributed by atoms with Crippen LogP contribution in [0.2, 0.25) is 0 Å². The molecule has 1 aliphatic heterocycles. The molecule has 94 valence electrons. The average molecular weight is 246 g/mol. The summed E-state index contributed by atoms with van der Waals surface area (Å²) in [6, 6.07) is -0.183. The molecule has 0 bridgehead atoms. The molecule has 3 N–H and O–H groups in total. The second kappa shape index (κ2) is 5.80. The van der Waals surface area contributed by atoms with Gasteiger partial charge in [-0.1, -0.05) is 25.5 Å². The van der Waals surface area contributed by atoms with Crippen LogP contribution in [0.4, 0.5) is 0 Å². The fraction of sp³-hybridized carbons (Fsp3) is 0.818. The van der Waals surface area contributed by atoms with Crippen LogP contribution in [-0.4, -0.2) is 25.5 Å². The van der Waals surface area contributed by atoms with Crippen molar-refractivity contribution < 1.29 is 8.42 Å². The molecule has 0 aliphatic carbocycles. The lowest BCUT2D eigenvalue weighted by molar-refractivity contribution is 0.438. The van der Waals surface area contributed by atoms with Crippen molar-refractivity contribution in [2.45, 2.75) is 50.3 Å². The minimum atomic E-state index is -2.97. The van der Waals surface area contributed by atoms with Crippen molar-refractivity contribution in [3.63, 3.8) is 0 Å². The quantitative estimate of drug-likeness (QED) is 0.433. The van der Waals surface area contributed by atoms with Crippen molar-refractivity contribution in [3.05, 3.63) is 12.2 Å². The van der Waals surface area contributed by atoms with Gasteiger partial charge in [-0.2, -0.15) is 0 Å². The standard InChI is InChI=1S/C11H22N2O2S/c1-3-9(2)8-10(13-12)11-6-4-5-7-16(11,14)15/h10-11,13H,2-8,12H2,1H3. The van der Waals surface area contributed by atoms with E-state index in [1.807, 2.05) is 6.92 Å². The van der Waals surface area contributed by atoms with E-state index in [9.17, 15) is 8.42 Å². The van der Waals surface area contributed by atoms with Gasteiger partial charge in [-0.05, 0) is 25.7 Å². The Bertz CT molecular complexity index is 338. The number of sulfone groups is 1. The van der Waals surface area contributed by atoms with Gasteiger partial charge < -0.3 is 0 Å². The predicted octanol–water partition coefficient (Wildman–Crippen LogP) is 1.14. The maximum atomic E-state index is 11.9. The third kappa shape index (κ3) is 3.30. The molecular weight excluding hydrogens is 224 g/mol. The van der Waals surface area contributed by atoms with Gasteiger partial charge in [0.15, 0.2) is 9.84 Å². The van der Waals surface area contributed by atoms with Gasteiger partial charge in [0.1, 0.15) is 0 Å². The summed E-state index contributed by atoms with van der Waals surface area (Å²) < 4.78 is 23.9. The molecule has 0 spiro atoms.